The summed E-state index contributed by atoms with van der Waals surface area (Å²) in [7, 11) is 2.19. The summed E-state index contributed by atoms with van der Waals surface area (Å²) < 4.78 is 0.880. The van der Waals surface area contributed by atoms with Crippen LogP contribution in [0.4, 0.5) is 0 Å². The molecule has 1 heterocycles. The normalized spacial score (nSPS) is 13.9. The lowest BCUT2D eigenvalue weighted by Crippen LogP contribution is -2.42. The second kappa shape index (κ2) is 8.38. The van der Waals surface area contributed by atoms with Crippen molar-refractivity contribution in [2.45, 2.75) is 53.1 Å². The number of nitrogens with zero attached hydrogens (tertiary/aromatic N) is 1. The number of thiophene rings is 1. The summed E-state index contributed by atoms with van der Waals surface area (Å²) >= 11 is 7.66. The van der Waals surface area contributed by atoms with E-state index in [0.29, 0.717) is 11.5 Å². The van der Waals surface area contributed by atoms with E-state index in [0.717, 1.165) is 24.0 Å². The predicted octanol–water partition coefficient (Wildman–Crippen LogP) is 4.64. The molecule has 0 spiro atoms. The van der Waals surface area contributed by atoms with E-state index >= 15 is 0 Å². The summed E-state index contributed by atoms with van der Waals surface area (Å²) in [6.07, 6.45) is 2.37. The molecule has 1 N–H and O–H groups in total. The first-order valence-corrected chi connectivity index (χ1v) is 8.68. The molecule has 116 valence electrons. The van der Waals surface area contributed by atoms with Gasteiger partial charge in [-0.2, -0.15) is 0 Å². The summed E-state index contributed by atoms with van der Waals surface area (Å²) in [5, 5.41) is 3.69. The van der Waals surface area contributed by atoms with Crippen LogP contribution in [0.2, 0.25) is 4.34 Å². The summed E-state index contributed by atoms with van der Waals surface area (Å²) in [6.45, 7) is 12.4. The monoisotopic (exact) mass is 316 g/mol. The molecular formula is C16H29ClN2S. The predicted molar refractivity (Wildman–Crippen MR) is 91.8 cm³/mol. The lowest BCUT2D eigenvalue weighted by atomic mass is 9.84. The highest BCUT2D eigenvalue weighted by Crippen LogP contribution is 2.24. The number of halogens is 1. The van der Waals surface area contributed by atoms with Crippen LogP contribution in [0.1, 0.15) is 45.4 Å². The second-order valence-electron chi connectivity index (χ2n) is 6.61. The van der Waals surface area contributed by atoms with Gasteiger partial charge in [-0.05, 0) is 50.5 Å². The largest absolute Gasteiger partial charge is 0.313 e. The van der Waals surface area contributed by atoms with Gasteiger partial charge in [0.05, 0.1) is 4.34 Å². The van der Waals surface area contributed by atoms with E-state index in [4.69, 9.17) is 11.6 Å². The van der Waals surface area contributed by atoms with Crippen molar-refractivity contribution in [2.24, 2.45) is 5.41 Å². The van der Waals surface area contributed by atoms with E-state index in [1.807, 2.05) is 6.07 Å². The minimum Gasteiger partial charge on any atom is -0.313 e. The number of hydrogen-bond acceptors (Lipinski definition) is 3. The van der Waals surface area contributed by atoms with E-state index in [2.05, 4.69) is 51.0 Å². The lowest BCUT2D eigenvalue weighted by Gasteiger charge is -2.33. The Labute approximate surface area is 133 Å². The highest BCUT2D eigenvalue weighted by molar-refractivity contribution is 7.16. The van der Waals surface area contributed by atoms with Crippen LogP contribution in [0.15, 0.2) is 12.1 Å². The third-order valence-corrected chi connectivity index (χ3v) is 4.76. The van der Waals surface area contributed by atoms with Crippen LogP contribution in [0.5, 0.6) is 0 Å². The minimum absolute atomic E-state index is 0.308. The van der Waals surface area contributed by atoms with Crippen LogP contribution in [0.3, 0.4) is 0 Å². The summed E-state index contributed by atoms with van der Waals surface area (Å²) in [4.78, 5) is 3.72. The zero-order valence-electron chi connectivity index (χ0n) is 13.5. The van der Waals surface area contributed by atoms with Crippen molar-refractivity contribution in [3.8, 4) is 0 Å². The van der Waals surface area contributed by atoms with Gasteiger partial charge in [0.25, 0.3) is 0 Å². The van der Waals surface area contributed by atoms with Gasteiger partial charge in [-0.3, -0.25) is 0 Å². The fraction of sp³-hybridized carbons (Fsp3) is 0.750. The van der Waals surface area contributed by atoms with Gasteiger partial charge in [0.2, 0.25) is 0 Å². The van der Waals surface area contributed by atoms with Crippen LogP contribution in [-0.4, -0.2) is 31.1 Å². The number of hydrogen-bond donors (Lipinski definition) is 1. The van der Waals surface area contributed by atoms with E-state index in [-0.39, 0.29) is 0 Å². The molecule has 1 aromatic heterocycles. The third-order valence-electron chi connectivity index (χ3n) is 3.54. The number of nitrogens with one attached hydrogen (secondary N) is 1. The fourth-order valence-electron chi connectivity index (χ4n) is 2.29. The van der Waals surface area contributed by atoms with Gasteiger partial charge in [0, 0.05) is 17.5 Å². The second-order valence-corrected chi connectivity index (χ2v) is 8.40. The first-order chi connectivity index (χ1) is 9.32. The van der Waals surface area contributed by atoms with Gasteiger partial charge in [0.1, 0.15) is 0 Å². The van der Waals surface area contributed by atoms with Crippen molar-refractivity contribution in [3.63, 3.8) is 0 Å². The Morgan fingerprint density at radius 1 is 1.35 bits per heavy atom. The smallest absolute Gasteiger partial charge is 0.0931 e. The maximum absolute atomic E-state index is 5.98. The van der Waals surface area contributed by atoms with Crippen molar-refractivity contribution in [3.05, 3.63) is 21.3 Å². The van der Waals surface area contributed by atoms with E-state index in [9.17, 15) is 0 Å². The molecule has 1 aromatic rings. The van der Waals surface area contributed by atoms with Crippen LogP contribution >= 0.6 is 22.9 Å². The SMILES string of the molecule is CCCNC(CCN(C)Cc1ccc(Cl)s1)C(C)(C)C. The Hall–Kier alpha value is -0.0900. The van der Waals surface area contributed by atoms with E-state index in [1.165, 1.54) is 17.7 Å². The number of rotatable bonds is 8. The fourth-order valence-corrected chi connectivity index (χ4v) is 3.46. The van der Waals surface area contributed by atoms with Crippen molar-refractivity contribution in [1.82, 2.24) is 10.2 Å². The third kappa shape index (κ3) is 6.57. The van der Waals surface area contributed by atoms with Crippen molar-refractivity contribution < 1.29 is 0 Å². The molecule has 0 fully saturated rings. The molecule has 0 aliphatic carbocycles. The van der Waals surface area contributed by atoms with Crippen molar-refractivity contribution >= 4 is 22.9 Å². The standard InChI is InChI=1S/C16H29ClN2S/c1-6-10-18-14(16(2,3)4)9-11-19(5)12-13-7-8-15(17)20-13/h7-8,14,18H,6,9-12H2,1-5H3. The Morgan fingerprint density at radius 3 is 2.55 bits per heavy atom. The van der Waals surface area contributed by atoms with Gasteiger partial charge in [-0.25, -0.2) is 0 Å². The average Bonchev–Trinajstić information content (AvgIpc) is 2.73. The summed E-state index contributed by atoms with van der Waals surface area (Å²) in [5.41, 5.74) is 0.308. The van der Waals surface area contributed by atoms with Crippen LogP contribution in [0.25, 0.3) is 0 Å². The van der Waals surface area contributed by atoms with Crippen molar-refractivity contribution in [2.75, 3.05) is 20.1 Å². The molecule has 0 aliphatic heterocycles. The van der Waals surface area contributed by atoms with Gasteiger partial charge in [0.15, 0.2) is 0 Å². The van der Waals surface area contributed by atoms with Gasteiger partial charge < -0.3 is 10.2 Å². The van der Waals surface area contributed by atoms with Crippen LogP contribution in [-0.2, 0) is 6.54 Å². The average molecular weight is 317 g/mol. The molecule has 0 amide bonds. The Bertz CT molecular complexity index is 384. The lowest BCUT2D eigenvalue weighted by molar-refractivity contribution is 0.219. The highest BCUT2D eigenvalue weighted by Gasteiger charge is 2.23. The molecule has 0 saturated carbocycles. The first kappa shape index (κ1) is 18.0. The van der Waals surface area contributed by atoms with E-state index in [1.54, 1.807) is 11.3 Å². The quantitative estimate of drug-likeness (QED) is 0.751. The van der Waals surface area contributed by atoms with E-state index < -0.39 is 0 Å². The molecule has 0 radical (unpaired) electrons. The molecule has 20 heavy (non-hydrogen) atoms. The Balaban J connectivity index is 2.41. The molecular weight excluding hydrogens is 288 g/mol. The molecule has 2 nitrogen and oxygen atoms in total. The summed E-state index contributed by atoms with van der Waals surface area (Å²) in [5.74, 6) is 0. The molecule has 0 aliphatic rings. The van der Waals surface area contributed by atoms with Gasteiger partial charge in [-0.1, -0.05) is 39.3 Å². The Morgan fingerprint density at radius 2 is 2.05 bits per heavy atom. The van der Waals surface area contributed by atoms with Gasteiger partial charge in [-0.15, -0.1) is 11.3 Å². The molecule has 0 bridgehead atoms. The molecule has 1 rings (SSSR count). The molecule has 1 atom stereocenters. The first-order valence-electron chi connectivity index (χ1n) is 7.49. The highest BCUT2D eigenvalue weighted by atomic mass is 35.5. The minimum atomic E-state index is 0.308. The van der Waals surface area contributed by atoms with Crippen LogP contribution < -0.4 is 5.32 Å². The van der Waals surface area contributed by atoms with Crippen molar-refractivity contribution in [1.29, 1.82) is 0 Å². The molecule has 1 unspecified atom stereocenters. The van der Waals surface area contributed by atoms with Gasteiger partial charge >= 0.3 is 0 Å². The topological polar surface area (TPSA) is 15.3 Å². The maximum Gasteiger partial charge on any atom is 0.0931 e. The zero-order chi connectivity index (χ0) is 15.2. The zero-order valence-corrected chi connectivity index (χ0v) is 15.1. The molecule has 4 heteroatoms. The summed E-state index contributed by atoms with van der Waals surface area (Å²) in [6, 6.07) is 4.67. The molecule has 0 saturated heterocycles. The molecule has 0 aromatic carbocycles. The van der Waals surface area contributed by atoms with Crippen LogP contribution in [0, 0.1) is 5.41 Å². The Kier molecular flexibility index (Phi) is 7.52. The maximum atomic E-state index is 5.98.